The minimum absolute atomic E-state index is 0.0277. The number of para-hydroxylation sites is 2. The standard InChI is InChI=1S/C13H13N3O5S2/c17-11(14-5-6-15-12(18)8-23-13(15)22)7-21-10-4-2-1-3-9(10)16(19)20/h1-4H,5-8H2,(H,14,17). The zero-order valence-electron chi connectivity index (χ0n) is 11.9. The number of nitro groups is 1. The maximum Gasteiger partial charge on any atom is 0.310 e. The molecule has 1 aliphatic heterocycles. The summed E-state index contributed by atoms with van der Waals surface area (Å²) in [6.45, 7) is 0.172. The van der Waals surface area contributed by atoms with Crippen molar-refractivity contribution < 1.29 is 19.2 Å². The van der Waals surface area contributed by atoms with Crippen molar-refractivity contribution in [1.29, 1.82) is 0 Å². The van der Waals surface area contributed by atoms with E-state index in [0.717, 1.165) is 0 Å². The molecule has 2 rings (SSSR count). The van der Waals surface area contributed by atoms with Crippen molar-refractivity contribution in [3.63, 3.8) is 0 Å². The van der Waals surface area contributed by atoms with Gasteiger partial charge in [0, 0.05) is 19.2 Å². The number of carbonyl (C=O) groups excluding carboxylic acids is 2. The van der Waals surface area contributed by atoms with E-state index >= 15 is 0 Å². The molecule has 0 aromatic heterocycles. The SMILES string of the molecule is O=C(COc1ccccc1[N+](=O)[O-])NCCN1C(=O)CSC1=S. The number of hydrogen-bond acceptors (Lipinski definition) is 7. The lowest BCUT2D eigenvalue weighted by molar-refractivity contribution is -0.385. The van der Waals surface area contributed by atoms with Gasteiger partial charge in [-0.05, 0) is 6.07 Å². The summed E-state index contributed by atoms with van der Waals surface area (Å²) >= 11 is 6.31. The number of nitro benzene ring substituents is 1. The molecule has 23 heavy (non-hydrogen) atoms. The maximum atomic E-state index is 11.7. The van der Waals surface area contributed by atoms with Crippen LogP contribution in [0.25, 0.3) is 0 Å². The molecule has 1 fully saturated rings. The van der Waals surface area contributed by atoms with E-state index in [4.69, 9.17) is 17.0 Å². The Labute approximate surface area is 141 Å². The van der Waals surface area contributed by atoms with Crippen molar-refractivity contribution in [2.24, 2.45) is 0 Å². The van der Waals surface area contributed by atoms with Gasteiger partial charge in [-0.1, -0.05) is 36.1 Å². The number of carbonyl (C=O) groups is 2. The zero-order valence-corrected chi connectivity index (χ0v) is 13.5. The number of ether oxygens (including phenoxy) is 1. The first-order chi connectivity index (χ1) is 11.0. The minimum atomic E-state index is -0.579. The third kappa shape index (κ3) is 4.63. The maximum absolute atomic E-state index is 11.7. The van der Waals surface area contributed by atoms with Crippen LogP contribution in [0.1, 0.15) is 0 Å². The second kappa shape index (κ2) is 7.88. The molecule has 0 saturated carbocycles. The van der Waals surface area contributed by atoms with Crippen molar-refractivity contribution in [1.82, 2.24) is 10.2 Å². The highest BCUT2D eigenvalue weighted by Crippen LogP contribution is 2.25. The second-order valence-corrected chi connectivity index (χ2v) is 6.07. The summed E-state index contributed by atoms with van der Waals surface area (Å²) in [4.78, 5) is 34.9. The Morgan fingerprint density at radius 1 is 1.48 bits per heavy atom. The van der Waals surface area contributed by atoms with Gasteiger partial charge in [-0.3, -0.25) is 24.6 Å². The van der Waals surface area contributed by atoms with Crippen LogP contribution in [0.4, 0.5) is 5.69 Å². The Kier molecular flexibility index (Phi) is 5.88. The van der Waals surface area contributed by atoms with Crippen LogP contribution in [0.5, 0.6) is 5.75 Å². The van der Waals surface area contributed by atoms with Crippen molar-refractivity contribution in [2.45, 2.75) is 0 Å². The molecule has 1 N–H and O–H groups in total. The normalized spacial score (nSPS) is 14.0. The first-order valence-corrected chi connectivity index (χ1v) is 7.98. The number of nitrogens with one attached hydrogen (secondary N) is 1. The molecule has 0 bridgehead atoms. The monoisotopic (exact) mass is 355 g/mol. The molecular weight excluding hydrogens is 342 g/mol. The topological polar surface area (TPSA) is 102 Å². The molecule has 1 aromatic rings. The van der Waals surface area contributed by atoms with Gasteiger partial charge in [-0.25, -0.2) is 0 Å². The molecule has 1 saturated heterocycles. The Bertz CT molecular complexity index is 636. The lowest BCUT2D eigenvalue weighted by atomic mass is 10.3. The van der Waals surface area contributed by atoms with Crippen LogP contribution in [0.3, 0.4) is 0 Å². The molecule has 0 atom stereocenters. The van der Waals surface area contributed by atoms with Crippen LogP contribution >= 0.6 is 24.0 Å². The van der Waals surface area contributed by atoms with Crippen molar-refractivity contribution in [3.05, 3.63) is 34.4 Å². The smallest absolute Gasteiger partial charge is 0.310 e. The number of nitrogens with zero attached hydrogens (tertiary/aromatic N) is 2. The predicted octanol–water partition coefficient (Wildman–Crippen LogP) is 0.950. The number of rotatable bonds is 7. The summed E-state index contributed by atoms with van der Waals surface area (Å²) in [6.07, 6.45) is 0. The molecular formula is C13H13N3O5S2. The van der Waals surface area contributed by atoms with Crippen molar-refractivity contribution in [3.8, 4) is 5.75 Å². The van der Waals surface area contributed by atoms with E-state index in [9.17, 15) is 19.7 Å². The summed E-state index contributed by atoms with van der Waals surface area (Å²) in [5.74, 6) is -0.160. The fraction of sp³-hybridized carbons (Fsp3) is 0.308. The van der Waals surface area contributed by atoms with Crippen molar-refractivity contribution in [2.75, 3.05) is 25.4 Å². The summed E-state index contributed by atoms with van der Waals surface area (Å²) in [7, 11) is 0. The highest BCUT2D eigenvalue weighted by molar-refractivity contribution is 8.23. The second-order valence-electron chi connectivity index (χ2n) is 4.46. The Hall–Kier alpha value is -2.20. The van der Waals surface area contributed by atoms with Gasteiger partial charge in [0.2, 0.25) is 5.91 Å². The first-order valence-electron chi connectivity index (χ1n) is 6.59. The number of thioether (sulfide) groups is 1. The lowest BCUT2D eigenvalue weighted by Crippen LogP contribution is -2.38. The lowest BCUT2D eigenvalue weighted by Gasteiger charge is -2.15. The fourth-order valence-corrected chi connectivity index (χ4v) is 2.95. The average molecular weight is 355 g/mol. The van der Waals surface area contributed by atoms with Crippen LogP contribution in [0.2, 0.25) is 0 Å². The van der Waals surface area contributed by atoms with Crippen LogP contribution in [-0.4, -0.2) is 51.4 Å². The first kappa shape index (κ1) is 17.2. The Morgan fingerprint density at radius 2 is 2.22 bits per heavy atom. The highest BCUT2D eigenvalue weighted by atomic mass is 32.2. The summed E-state index contributed by atoms with van der Waals surface area (Å²) < 4.78 is 5.66. The third-order valence-corrected chi connectivity index (χ3v) is 4.35. The van der Waals surface area contributed by atoms with Gasteiger partial charge in [0.1, 0.15) is 4.32 Å². The van der Waals surface area contributed by atoms with E-state index in [1.54, 1.807) is 6.07 Å². The third-order valence-electron chi connectivity index (χ3n) is 2.92. The number of amides is 2. The van der Waals surface area contributed by atoms with Gasteiger partial charge in [0.15, 0.2) is 12.4 Å². The van der Waals surface area contributed by atoms with Gasteiger partial charge >= 0.3 is 5.69 Å². The van der Waals surface area contributed by atoms with Gasteiger partial charge in [0.25, 0.3) is 5.91 Å². The van der Waals surface area contributed by atoms with Crippen LogP contribution in [0, 0.1) is 10.1 Å². The quantitative estimate of drug-likeness (QED) is 0.441. The van der Waals surface area contributed by atoms with Crippen LogP contribution < -0.4 is 10.1 Å². The van der Waals surface area contributed by atoms with E-state index in [2.05, 4.69) is 5.32 Å². The highest BCUT2D eigenvalue weighted by Gasteiger charge is 2.26. The molecule has 1 heterocycles. The number of hydrogen-bond donors (Lipinski definition) is 1. The predicted molar refractivity (Wildman–Crippen MR) is 88.4 cm³/mol. The average Bonchev–Trinajstić information content (AvgIpc) is 2.85. The molecule has 8 nitrogen and oxygen atoms in total. The van der Waals surface area contributed by atoms with Gasteiger partial charge in [0.05, 0.1) is 10.7 Å². The minimum Gasteiger partial charge on any atom is -0.477 e. The zero-order chi connectivity index (χ0) is 16.8. The van der Waals surface area contributed by atoms with E-state index < -0.39 is 10.8 Å². The molecule has 0 aliphatic carbocycles. The molecule has 10 heteroatoms. The fourth-order valence-electron chi connectivity index (χ4n) is 1.83. The van der Waals surface area contributed by atoms with Gasteiger partial charge < -0.3 is 10.1 Å². The van der Waals surface area contributed by atoms with Crippen molar-refractivity contribution >= 4 is 45.8 Å². The summed E-state index contributed by atoms with van der Waals surface area (Å²) in [5, 5.41) is 13.4. The summed E-state index contributed by atoms with van der Waals surface area (Å²) in [6, 6.07) is 5.81. The molecule has 0 unspecified atom stereocenters. The van der Waals surface area contributed by atoms with E-state index in [1.165, 1.54) is 34.9 Å². The van der Waals surface area contributed by atoms with E-state index in [0.29, 0.717) is 16.6 Å². The van der Waals surface area contributed by atoms with Gasteiger partial charge in [-0.15, -0.1) is 0 Å². The Morgan fingerprint density at radius 3 is 2.87 bits per heavy atom. The van der Waals surface area contributed by atoms with Crippen LogP contribution in [-0.2, 0) is 9.59 Å². The molecule has 0 spiro atoms. The van der Waals surface area contributed by atoms with E-state index in [1.807, 2.05) is 0 Å². The number of thiocarbonyl (C=S) groups is 1. The molecule has 0 radical (unpaired) electrons. The molecule has 2 amide bonds. The van der Waals surface area contributed by atoms with Gasteiger partial charge in [-0.2, -0.15) is 0 Å². The summed E-state index contributed by atoms with van der Waals surface area (Å²) in [5.41, 5.74) is -0.203. The van der Waals surface area contributed by atoms with Crippen LogP contribution in [0.15, 0.2) is 24.3 Å². The number of benzene rings is 1. The Balaban J connectivity index is 1.77. The van der Waals surface area contributed by atoms with E-state index in [-0.39, 0.29) is 30.5 Å². The molecule has 1 aliphatic rings. The molecule has 122 valence electrons. The largest absolute Gasteiger partial charge is 0.477 e. The molecule has 1 aromatic carbocycles.